The van der Waals surface area contributed by atoms with E-state index in [1.807, 2.05) is 12.1 Å². The van der Waals surface area contributed by atoms with E-state index in [1.165, 1.54) is 0 Å². The number of benzene rings is 2. The third-order valence-electron chi connectivity index (χ3n) is 4.44. The molecule has 0 radical (unpaired) electrons. The molecule has 0 saturated carbocycles. The minimum absolute atomic E-state index is 0.0331. The van der Waals surface area contributed by atoms with Crippen LogP contribution in [-0.2, 0) is 10.2 Å². The Hall–Kier alpha value is -2.76. The highest BCUT2D eigenvalue weighted by atomic mass is 19.1. The van der Waals surface area contributed by atoms with E-state index < -0.39 is 29.5 Å². The summed E-state index contributed by atoms with van der Waals surface area (Å²) in [7, 11) is 0. The lowest BCUT2D eigenvalue weighted by atomic mass is 9.86. The van der Waals surface area contributed by atoms with Crippen molar-refractivity contribution < 1.29 is 18.4 Å². The molecule has 0 bridgehead atoms. The zero-order chi connectivity index (χ0) is 21.1. The van der Waals surface area contributed by atoms with E-state index in [0.29, 0.717) is 11.6 Å². The van der Waals surface area contributed by atoms with E-state index in [1.54, 1.807) is 26.0 Å². The largest absolute Gasteiger partial charge is 0.340 e. The number of rotatable bonds is 5. The summed E-state index contributed by atoms with van der Waals surface area (Å²) in [5.74, 6) is -2.81. The molecule has 0 saturated heterocycles. The van der Waals surface area contributed by atoms with Crippen LogP contribution in [0.4, 0.5) is 14.5 Å². The van der Waals surface area contributed by atoms with Gasteiger partial charge >= 0.3 is 0 Å². The molecule has 2 rings (SSSR count). The molecular formula is C22H26F2N2O2. The minimum Gasteiger partial charge on any atom is -0.340 e. The first-order valence-electron chi connectivity index (χ1n) is 9.16. The number of carbonyl (C=O) groups is 2. The normalized spacial score (nSPS) is 12.6. The van der Waals surface area contributed by atoms with Crippen LogP contribution in [0.2, 0.25) is 0 Å². The van der Waals surface area contributed by atoms with Gasteiger partial charge in [-0.25, -0.2) is 8.78 Å². The molecule has 2 amide bonds. The molecule has 28 heavy (non-hydrogen) atoms. The topological polar surface area (TPSA) is 58.2 Å². The van der Waals surface area contributed by atoms with Crippen molar-refractivity contribution in [1.82, 2.24) is 5.32 Å². The van der Waals surface area contributed by atoms with E-state index >= 15 is 0 Å². The first kappa shape index (κ1) is 21.5. The molecule has 0 unspecified atom stereocenters. The van der Waals surface area contributed by atoms with Crippen molar-refractivity contribution in [2.75, 3.05) is 5.32 Å². The Morgan fingerprint density at radius 3 is 2.07 bits per heavy atom. The Morgan fingerprint density at radius 2 is 1.57 bits per heavy atom. The van der Waals surface area contributed by atoms with E-state index in [0.717, 1.165) is 17.7 Å². The van der Waals surface area contributed by atoms with Gasteiger partial charge in [0.25, 0.3) is 5.91 Å². The molecule has 0 spiro atoms. The Morgan fingerprint density at radius 1 is 0.964 bits per heavy atom. The van der Waals surface area contributed by atoms with Gasteiger partial charge in [-0.1, -0.05) is 46.8 Å². The summed E-state index contributed by atoms with van der Waals surface area (Å²) < 4.78 is 26.8. The predicted octanol–water partition coefficient (Wildman–Crippen LogP) is 4.66. The van der Waals surface area contributed by atoms with Gasteiger partial charge in [0.1, 0.15) is 17.7 Å². The SMILES string of the molecule is CC(C)[C@H](NC(=O)c1ccc(C(C)(C)C)cc1)C(=O)Nc1ccc(F)cc1F. The molecule has 6 heteroatoms. The number of halogens is 2. The van der Waals surface area contributed by atoms with Crippen LogP contribution in [-0.4, -0.2) is 17.9 Å². The van der Waals surface area contributed by atoms with Gasteiger partial charge in [0.15, 0.2) is 0 Å². The number of amides is 2. The van der Waals surface area contributed by atoms with Gasteiger partial charge in [0.2, 0.25) is 5.91 Å². The average Bonchev–Trinajstić information content (AvgIpc) is 2.60. The molecule has 2 aromatic rings. The zero-order valence-electron chi connectivity index (χ0n) is 16.8. The van der Waals surface area contributed by atoms with Crippen molar-refractivity contribution in [2.45, 2.75) is 46.1 Å². The van der Waals surface area contributed by atoms with Crippen LogP contribution in [0.25, 0.3) is 0 Å². The lowest BCUT2D eigenvalue weighted by Crippen LogP contribution is -2.47. The fraction of sp³-hybridized carbons (Fsp3) is 0.364. The predicted molar refractivity (Wildman–Crippen MR) is 106 cm³/mol. The van der Waals surface area contributed by atoms with E-state index in [2.05, 4.69) is 31.4 Å². The van der Waals surface area contributed by atoms with Crippen molar-refractivity contribution >= 4 is 17.5 Å². The van der Waals surface area contributed by atoms with Crippen LogP contribution in [0, 0.1) is 17.6 Å². The average molecular weight is 388 g/mol. The Labute approximate surface area is 164 Å². The van der Waals surface area contributed by atoms with Crippen LogP contribution in [0.1, 0.15) is 50.5 Å². The summed E-state index contributed by atoms with van der Waals surface area (Å²) in [4.78, 5) is 25.1. The Balaban J connectivity index is 2.13. The molecule has 0 aliphatic heterocycles. The number of nitrogens with one attached hydrogen (secondary N) is 2. The molecule has 1 atom stereocenters. The summed E-state index contributed by atoms with van der Waals surface area (Å²) >= 11 is 0. The number of hydrogen-bond donors (Lipinski definition) is 2. The van der Waals surface area contributed by atoms with Gasteiger partial charge < -0.3 is 10.6 Å². The fourth-order valence-corrected chi connectivity index (χ4v) is 2.68. The van der Waals surface area contributed by atoms with Gasteiger partial charge in [-0.15, -0.1) is 0 Å². The third kappa shape index (κ3) is 5.38. The lowest BCUT2D eigenvalue weighted by Gasteiger charge is -2.22. The maximum absolute atomic E-state index is 13.8. The lowest BCUT2D eigenvalue weighted by molar-refractivity contribution is -0.118. The third-order valence-corrected chi connectivity index (χ3v) is 4.44. The molecule has 0 fully saturated rings. The van der Waals surface area contributed by atoms with Crippen molar-refractivity contribution in [3.8, 4) is 0 Å². The van der Waals surface area contributed by atoms with Gasteiger partial charge in [-0.3, -0.25) is 9.59 Å². The molecule has 0 heterocycles. The zero-order valence-corrected chi connectivity index (χ0v) is 16.8. The van der Waals surface area contributed by atoms with Crippen LogP contribution in [0.3, 0.4) is 0 Å². The van der Waals surface area contributed by atoms with Crippen LogP contribution >= 0.6 is 0 Å². The number of anilines is 1. The maximum Gasteiger partial charge on any atom is 0.251 e. The van der Waals surface area contributed by atoms with Gasteiger partial charge in [-0.2, -0.15) is 0 Å². The van der Waals surface area contributed by atoms with Crippen LogP contribution < -0.4 is 10.6 Å². The number of carbonyl (C=O) groups excluding carboxylic acids is 2. The summed E-state index contributed by atoms with van der Waals surface area (Å²) in [6, 6.07) is 9.20. The molecule has 0 aliphatic carbocycles. The summed E-state index contributed by atoms with van der Waals surface area (Å²) in [5.41, 5.74) is 1.35. The van der Waals surface area contributed by atoms with Gasteiger partial charge in [-0.05, 0) is 41.2 Å². The molecule has 0 aliphatic rings. The van der Waals surface area contributed by atoms with Crippen molar-refractivity contribution in [3.05, 3.63) is 65.2 Å². The second-order valence-electron chi connectivity index (χ2n) is 8.14. The summed E-state index contributed by atoms with van der Waals surface area (Å²) in [6.45, 7) is 9.78. The monoisotopic (exact) mass is 388 g/mol. The van der Waals surface area contributed by atoms with Crippen molar-refractivity contribution in [2.24, 2.45) is 5.92 Å². The van der Waals surface area contributed by atoms with E-state index in [-0.39, 0.29) is 17.0 Å². The molecule has 4 nitrogen and oxygen atoms in total. The molecule has 0 aromatic heterocycles. The molecule has 2 aromatic carbocycles. The molecule has 2 N–H and O–H groups in total. The minimum atomic E-state index is -0.876. The summed E-state index contributed by atoms with van der Waals surface area (Å²) in [6.07, 6.45) is 0. The highest BCUT2D eigenvalue weighted by Gasteiger charge is 2.26. The first-order valence-corrected chi connectivity index (χ1v) is 9.16. The van der Waals surface area contributed by atoms with Crippen LogP contribution in [0.15, 0.2) is 42.5 Å². The summed E-state index contributed by atoms with van der Waals surface area (Å²) in [5, 5.41) is 5.10. The Kier molecular flexibility index (Phi) is 6.54. The van der Waals surface area contributed by atoms with Crippen molar-refractivity contribution in [3.63, 3.8) is 0 Å². The highest BCUT2D eigenvalue weighted by Crippen LogP contribution is 2.22. The second kappa shape index (κ2) is 8.50. The van der Waals surface area contributed by atoms with Crippen molar-refractivity contribution in [1.29, 1.82) is 0 Å². The first-order chi connectivity index (χ1) is 13.0. The maximum atomic E-state index is 13.8. The van der Waals surface area contributed by atoms with Gasteiger partial charge in [0.05, 0.1) is 5.69 Å². The number of hydrogen-bond acceptors (Lipinski definition) is 2. The molecule has 150 valence electrons. The smallest absolute Gasteiger partial charge is 0.251 e. The van der Waals surface area contributed by atoms with Crippen LogP contribution in [0.5, 0.6) is 0 Å². The Bertz CT molecular complexity index is 856. The quantitative estimate of drug-likeness (QED) is 0.783. The highest BCUT2D eigenvalue weighted by molar-refractivity contribution is 6.01. The van der Waals surface area contributed by atoms with E-state index in [4.69, 9.17) is 0 Å². The fourth-order valence-electron chi connectivity index (χ4n) is 2.68. The molecular weight excluding hydrogens is 362 g/mol. The van der Waals surface area contributed by atoms with Gasteiger partial charge in [0, 0.05) is 11.6 Å². The standard InChI is InChI=1S/C22H26F2N2O2/c1-13(2)19(21(28)25-18-11-10-16(23)12-17(18)24)26-20(27)14-6-8-15(9-7-14)22(3,4)5/h6-13,19H,1-5H3,(H,25,28)(H,26,27)/t19-/m0/s1. The second-order valence-corrected chi connectivity index (χ2v) is 8.14. The van der Waals surface area contributed by atoms with E-state index in [9.17, 15) is 18.4 Å².